The first-order valence-corrected chi connectivity index (χ1v) is 9.43. The number of esters is 1. The normalized spacial score (nSPS) is 12.0. The van der Waals surface area contributed by atoms with Crippen LogP contribution >= 0.6 is 0 Å². The Balaban J connectivity index is 2.93. The molecule has 1 aromatic rings. The van der Waals surface area contributed by atoms with Gasteiger partial charge in [0.2, 0.25) is 5.91 Å². The minimum atomic E-state index is -0.498. The summed E-state index contributed by atoms with van der Waals surface area (Å²) in [5.74, 6) is -0.662. The van der Waals surface area contributed by atoms with Gasteiger partial charge >= 0.3 is 5.97 Å². The maximum atomic E-state index is 12.6. The summed E-state index contributed by atoms with van der Waals surface area (Å²) in [5, 5.41) is 0. The van der Waals surface area contributed by atoms with Crippen LogP contribution in [0.25, 0.3) is 0 Å². The molecule has 0 saturated carbocycles. The molecule has 8 nitrogen and oxygen atoms in total. The van der Waals surface area contributed by atoms with Crippen molar-refractivity contribution in [2.75, 3.05) is 40.3 Å². The highest BCUT2D eigenvalue weighted by Crippen LogP contribution is 2.16. The quantitative estimate of drug-likeness (QED) is 0.555. The lowest BCUT2D eigenvalue weighted by molar-refractivity contribution is -0.129. The van der Waals surface area contributed by atoms with E-state index in [9.17, 15) is 14.4 Å². The van der Waals surface area contributed by atoms with Crippen molar-refractivity contribution < 1.29 is 19.1 Å². The first-order chi connectivity index (χ1) is 13.1. The Morgan fingerprint density at radius 3 is 2.46 bits per heavy atom. The van der Waals surface area contributed by atoms with Crippen LogP contribution in [0.2, 0.25) is 0 Å². The second-order valence-corrected chi connectivity index (χ2v) is 7.18. The molecule has 1 aromatic heterocycles. The van der Waals surface area contributed by atoms with E-state index in [0.29, 0.717) is 30.8 Å². The van der Waals surface area contributed by atoms with E-state index in [1.54, 1.807) is 24.1 Å². The first-order valence-electron chi connectivity index (χ1n) is 9.43. The molecule has 0 spiro atoms. The molecule has 0 aliphatic carbocycles. The highest BCUT2D eigenvalue weighted by Gasteiger charge is 2.20. The van der Waals surface area contributed by atoms with Crippen molar-refractivity contribution >= 4 is 17.7 Å². The number of aryl methyl sites for hydroxylation is 1. The number of Topliss-reactive ketones (excluding diaryl/α,β-unsaturated/α-hetero) is 1. The van der Waals surface area contributed by atoms with Gasteiger partial charge in [-0.2, -0.15) is 0 Å². The van der Waals surface area contributed by atoms with Gasteiger partial charge in [0, 0.05) is 37.9 Å². The van der Waals surface area contributed by atoms with Crippen LogP contribution in [0.15, 0.2) is 12.3 Å². The van der Waals surface area contributed by atoms with Crippen LogP contribution < -0.4 is 5.73 Å². The summed E-state index contributed by atoms with van der Waals surface area (Å²) >= 11 is 0. The minimum absolute atomic E-state index is 0.0386. The number of rotatable bonds is 11. The fourth-order valence-corrected chi connectivity index (χ4v) is 2.85. The fourth-order valence-electron chi connectivity index (χ4n) is 2.85. The van der Waals surface area contributed by atoms with Crippen LogP contribution in [0.4, 0.5) is 0 Å². The average Bonchev–Trinajstić information content (AvgIpc) is 2.60. The van der Waals surface area contributed by atoms with Gasteiger partial charge in [0.1, 0.15) is 11.9 Å². The third kappa shape index (κ3) is 7.74. The number of aromatic nitrogens is 1. The molecule has 0 aromatic carbocycles. The molecule has 28 heavy (non-hydrogen) atoms. The number of hydrogen-bond donors (Lipinski definition) is 1. The standard InChI is InChI=1S/C20H32N4O4/c1-14(25)12-15(2)28-20(27)18-6-8-22-16(3)17(18)7-9-24(19(26)13-21)11-10-23(4)5/h6,8,15H,7,9-13,21H2,1-5H3. The SMILES string of the molecule is CC(=O)CC(C)OC(=O)c1ccnc(C)c1CCN(CCN(C)C)C(=O)CN. The molecule has 0 aliphatic rings. The van der Waals surface area contributed by atoms with E-state index >= 15 is 0 Å². The molecule has 1 atom stereocenters. The molecule has 8 heteroatoms. The predicted molar refractivity (Wildman–Crippen MR) is 107 cm³/mol. The molecule has 156 valence electrons. The Hall–Kier alpha value is -2.32. The van der Waals surface area contributed by atoms with E-state index in [1.807, 2.05) is 25.9 Å². The Kier molecular flexibility index (Phi) is 9.75. The van der Waals surface area contributed by atoms with E-state index < -0.39 is 12.1 Å². The molecule has 0 aliphatic heterocycles. The van der Waals surface area contributed by atoms with Gasteiger partial charge in [0.05, 0.1) is 12.1 Å². The van der Waals surface area contributed by atoms with E-state index in [2.05, 4.69) is 4.98 Å². The number of amides is 1. The van der Waals surface area contributed by atoms with Gasteiger partial charge in [-0.1, -0.05) is 0 Å². The number of hydrogen-bond acceptors (Lipinski definition) is 7. The monoisotopic (exact) mass is 392 g/mol. The third-order valence-electron chi connectivity index (χ3n) is 4.35. The summed E-state index contributed by atoms with van der Waals surface area (Å²) in [5.41, 5.74) is 7.39. The van der Waals surface area contributed by atoms with Crippen molar-refractivity contribution in [2.45, 2.75) is 39.7 Å². The first kappa shape index (κ1) is 23.7. The van der Waals surface area contributed by atoms with Crippen LogP contribution in [0.3, 0.4) is 0 Å². The third-order valence-corrected chi connectivity index (χ3v) is 4.35. The topological polar surface area (TPSA) is 106 Å². The zero-order valence-electron chi connectivity index (χ0n) is 17.5. The Bertz CT molecular complexity index is 691. The van der Waals surface area contributed by atoms with Crippen molar-refractivity contribution in [3.8, 4) is 0 Å². The highest BCUT2D eigenvalue weighted by atomic mass is 16.5. The molecule has 0 saturated heterocycles. The van der Waals surface area contributed by atoms with Gasteiger partial charge in [0.15, 0.2) is 0 Å². The molecule has 1 heterocycles. The maximum Gasteiger partial charge on any atom is 0.338 e. The lowest BCUT2D eigenvalue weighted by Gasteiger charge is -2.24. The Labute approximate surface area is 167 Å². The fraction of sp³-hybridized carbons (Fsp3) is 0.600. The van der Waals surface area contributed by atoms with E-state index in [4.69, 9.17) is 10.5 Å². The lowest BCUT2D eigenvalue weighted by Crippen LogP contribution is -2.41. The largest absolute Gasteiger partial charge is 0.459 e. The summed E-state index contributed by atoms with van der Waals surface area (Å²) in [4.78, 5) is 43.9. The second kappa shape index (κ2) is 11.5. The number of carbonyl (C=O) groups is 3. The van der Waals surface area contributed by atoms with Crippen LogP contribution in [0.1, 0.15) is 41.9 Å². The van der Waals surface area contributed by atoms with Gasteiger partial charge < -0.3 is 20.3 Å². The van der Waals surface area contributed by atoms with Crippen molar-refractivity contribution in [2.24, 2.45) is 5.73 Å². The second-order valence-electron chi connectivity index (χ2n) is 7.18. The van der Waals surface area contributed by atoms with E-state index in [0.717, 1.165) is 12.1 Å². The van der Waals surface area contributed by atoms with Crippen molar-refractivity contribution in [3.63, 3.8) is 0 Å². The minimum Gasteiger partial charge on any atom is -0.459 e. The van der Waals surface area contributed by atoms with Gasteiger partial charge in [0.25, 0.3) is 0 Å². The number of likely N-dealkylation sites (N-methyl/N-ethyl adjacent to an activating group) is 1. The molecule has 0 bridgehead atoms. The smallest absolute Gasteiger partial charge is 0.338 e. The zero-order valence-corrected chi connectivity index (χ0v) is 17.5. The molecule has 0 radical (unpaired) electrons. The highest BCUT2D eigenvalue weighted by molar-refractivity contribution is 5.91. The van der Waals surface area contributed by atoms with Crippen LogP contribution in [-0.4, -0.2) is 78.8 Å². The molecule has 1 unspecified atom stereocenters. The van der Waals surface area contributed by atoms with E-state index in [1.165, 1.54) is 6.92 Å². The zero-order chi connectivity index (χ0) is 21.3. The molecule has 2 N–H and O–H groups in total. The van der Waals surface area contributed by atoms with Gasteiger partial charge in [-0.3, -0.25) is 14.6 Å². The molecule has 0 fully saturated rings. The summed E-state index contributed by atoms with van der Waals surface area (Å²) in [7, 11) is 3.87. The molecule has 1 amide bonds. The van der Waals surface area contributed by atoms with Gasteiger partial charge in [-0.25, -0.2) is 4.79 Å². The summed E-state index contributed by atoms with van der Waals surface area (Å²) in [6.45, 7) is 6.61. The van der Waals surface area contributed by atoms with Crippen molar-refractivity contribution in [1.29, 1.82) is 0 Å². The van der Waals surface area contributed by atoms with E-state index in [-0.39, 0.29) is 24.7 Å². The number of ether oxygens (including phenoxy) is 1. The lowest BCUT2D eigenvalue weighted by atomic mass is 10.0. The van der Waals surface area contributed by atoms with Crippen LogP contribution in [-0.2, 0) is 20.7 Å². The summed E-state index contributed by atoms with van der Waals surface area (Å²) in [6.07, 6.45) is 1.69. The number of ketones is 1. The Morgan fingerprint density at radius 1 is 1.21 bits per heavy atom. The van der Waals surface area contributed by atoms with Crippen molar-refractivity contribution in [1.82, 2.24) is 14.8 Å². The average molecular weight is 393 g/mol. The van der Waals surface area contributed by atoms with Crippen LogP contribution in [0.5, 0.6) is 0 Å². The molecular formula is C20H32N4O4. The molecular weight excluding hydrogens is 360 g/mol. The van der Waals surface area contributed by atoms with Gasteiger partial charge in [-0.05, 0) is 52.9 Å². The maximum absolute atomic E-state index is 12.6. The summed E-state index contributed by atoms with van der Waals surface area (Å²) in [6, 6.07) is 1.61. The predicted octanol–water partition coefficient (Wildman–Crippen LogP) is 0.806. The summed E-state index contributed by atoms with van der Waals surface area (Å²) < 4.78 is 5.40. The Morgan fingerprint density at radius 2 is 1.89 bits per heavy atom. The number of nitrogens with zero attached hydrogens (tertiary/aromatic N) is 3. The molecule has 1 rings (SSSR count). The van der Waals surface area contributed by atoms with Gasteiger partial charge in [-0.15, -0.1) is 0 Å². The number of carbonyl (C=O) groups excluding carboxylic acids is 3. The number of nitrogens with two attached hydrogens (primary N) is 1. The van der Waals surface area contributed by atoms with Crippen LogP contribution in [0, 0.1) is 6.92 Å². The number of pyridine rings is 1. The van der Waals surface area contributed by atoms with Crippen molar-refractivity contribution in [3.05, 3.63) is 29.1 Å².